The standard InChI is InChI=1S/C15H24N2O4S/c1-2-3-9-16-11-15(19)12-17(10-14(15)18)22(20,21)13-7-5-4-6-8-13/h4-8,14,16,18-19H,2-3,9-12H2,1H3/t14-,15+/m1/s1. The Morgan fingerprint density at radius 1 is 1.36 bits per heavy atom. The predicted molar refractivity (Wildman–Crippen MR) is 83.9 cm³/mol. The Morgan fingerprint density at radius 3 is 2.68 bits per heavy atom. The molecular formula is C15H24N2O4S. The van der Waals surface area contributed by atoms with Crippen LogP contribution >= 0.6 is 0 Å². The molecule has 1 aromatic rings. The molecule has 6 nitrogen and oxygen atoms in total. The number of benzene rings is 1. The summed E-state index contributed by atoms with van der Waals surface area (Å²) >= 11 is 0. The predicted octanol–water partition coefficient (Wildman–Crippen LogP) is 0.173. The first-order valence-corrected chi connectivity index (χ1v) is 9.00. The van der Waals surface area contributed by atoms with Crippen LogP contribution in [0.3, 0.4) is 0 Å². The van der Waals surface area contributed by atoms with Crippen LogP contribution in [0, 0.1) is 0 Å². The van der Waals surface area contributed by atoms with E-state index in [1.165, 1.54) is 12.1 Å². The second-order valence-electron chi connectivity index (χ2n) is 5.76. The van der Waals surface area contributed by atoms with Crippen LogP contribution in [0.2, 0.25) is 0 Å². The van der Waals surface area contributed by atoms with Crippen LogP contribution in [0.4, 0.5) is 0 Å². The van der Waals surface area contributed by atoms with Crippen molar-refractivity contribution in [3.05, 3.63) is 30.3 Å². The number of rotatable bonds is 7. The molecule has 0 unspecified atom stereocenters. The molecule has 1 fully saturated rings. The number of unbranched alkanes of at least 4 members (excludes halogenated alkanes) is 1. The van der Waals surface area contributed by atoms with Crippen molar-refractivity contribution in [1.82, 2.24) is 9.62 Å². The summed E-state index contributed by atoms with van der Waals surface area (Å²) in [4.78, 5) is 0.172. The summed E-state index contributed by atoms with van der Waals surface area (Å²) in [5, 5.41) is 23.7. The molecule has 0 bridgehead atoms. The summed E-state index contributed by atoms with van der Waals surface area (Å²) in [5.41, 5.74) is -1.45. The second-order valence-corrected chi connectivity index (χ2v) is 7.70. The first kappa shape index (κ1) is 17.4. The molecule has 1 aliphatic rings. The van der Waals surface area contributed by atoms with Crippen LogP contribution in [0.25, 0.3) is 0 Å². The molecule has 124 valence electrons. The highest BCUT2D eigenvalue weighted by Gasteiger charge is 2.48. The monoisotopic (exact) mass is 328 g/mol. The van der Waals surface area contributed by atoms with E-state index in [4.69, 9.17) is 0 Å². The van der Waals surface area contributed by atoms with Gasteiger partial charge in [0.25, 0.3) is 0 Å². The zero-order valence-corrected chi connectivity index (χ0v) is 13.6. The van der Waals surface area contributed by atoms with Gasteiger partial charge in [-0.15, -0.1) is 0 Å². The fourth-order valence-corrected chi connectivity index (χ4v) is 4.07. The van der Waals surface area contributed by atoms with E-state index in [-0.39, 0.29) is 24.5 Å². The van der Waals surface area contributed by atoms with Crippen LogP contribution in [-0.2, 0) is 10.0 Å². The summed E-state index contributed by atoms with van der Waals surface area (Å²) in [6, 6.07) is 8.07. The van der Waals surface area contributed by atoms with E-state index in [1.54, 1.807) is 18.2 Å². The van der Waals surface area contributed by atoms with Crippen LogP contribution in [-0.4, -0.2) is 60.8 Å². The van der Waals surface area contributed by atoms with Crippen molar-refractivity contribution in [2.75, 3.05) is 26.2 Å². The highest BCUT2D eigenvalue weighted by molar-refractivity contribution is 7.89. The van der Waals surface area contributed by atoms with Gasteiger partial charge in [0.1, 0.15) is 5.60 Å². The quantitative estimate of drug-likeness (QED) is 0.621. The maximum absolute atomic E-state index is 12.5. The fraction of sp³-hybridized carbons (Fsp3) is 0.600. The van der Waals surface area contributed by atoms with Crippen LogP contribution < -0.4 is 5.32 Å². The van der Waals surface area contributed by atoms with Gasteiger partial charge in [0.15, 0.2) is 0 Å². The van der Waals surface area contributed by atoms with Gasteiger partial charge in [0.2, 0.25) is 10.0 Å². The Kier molecular flexibility index (Phi) is 5.57. The Labute approximate surface area is 131 Å². The molecule has 0 saturated carbocycles. The Balaban J connectivity index is 2.06. The number of nitrogens with zero attached hydrogens (tertiary/aromatic N) is 1. The molecule has 3 N–H and O–H groups in total. The topological polar surface area (TPSA) is 89.9 Å². The van der Waals surface area contributed by atoms with Crippen LogP contribution in [0.1, 0.15) is 19.8 Å². The minimum absolute atomic E-state index is 0.0941. The van der Waals surface area contributed by atoms with Crippen molar-refractivity contribution in [2.24, 2.45) is 0 Å². The lowest BCUT2D eigenvalue weighted by Crippen LogP contribution is -2.50. The average molecular weight is 328 g/mol. The molecule has 0 aliphatic carbocycles. The van der Waals surface area contributed by atoms with E-state index in [0.29, 0.717) is 0 Å². The fourth-order valence-electron chi connectivity index (χ4n) is 2.54. The maximum atomic E-state index is 12.5. The molecule has 22 heavy (non-hydrogen) atoms. The number of hydrogen-bond acceptors (Lipinski definition) is 5. The highest BCUT2D eigenvalue weighted by Crippen LogP contribution is 2.27. The van der Waals surface area contributed by atoms with Gasteiger partial charge in [-0.25, -0.2) is 8.42 Å². The van der Waals surface area contributed by atoms with E-state index in [1.807, 2.05) is 0 Å². The summed E-state index contributed by atoms with van der Waals surface area (Å²) in [6.07, 6.45) is 0.904. The highest BCUT2D eigenvalue weighted by atomic mass is 32.2. The van der Waals surface area contributed by atoms with Crippen LogP contribution in [0.15, 0.2) is 35.2 Å². The molecule has 0 amide bonds. The first-order valence-electron chi connectivity index (χ1n) is 7.56. The van der Waals surface area contributed by atoms with Gasteiger partial charge in [-0.2, -0.15) is 4.31 Å². The molecule has 0 radical (unpaired) electrons. The van der Waals surface area contributed by atoms with E-state index < -0.39 is 21.7 Å². The third-order valence-corrected chi connectivity index (χ3v) is 5.79. The zero-order chi connectivity index (χ0) is 16.2. The van der Waals surface area contributed by atoms with Gasteiger partial charge in [-0.1, -0.05) is 31.5 Å². The van der Waals surface area contributed by atoms with Gasteiger partial charge in [-0.05, 0) is 25.1 Å². The van der Waals surface area contributed by atoms with E-state index in [9.17, 15) is 18.6 Å². The van der Waals surface area contributed by atoms with Crippen molar-refractivity contribution in [1.29, 1.82) is 0 Å². The lowest BCUT2D eigenvalue weighted by molar-refractivity contribution is -0.0381. The first-order chi connectivity index (χ1) is 10.4. The molecule has 0 aromatic heterocycles. The third-order valence-electron chi connectivity index (χ3n) is 3.97. The molecule has 2 rings (SSSR count). The lowest BCUT2D eigenvalue weighted by Gasteiger charge is -2.26. The minimum atomic E-state index is -3.69. The number of β-amino-alcohol motifs (C(OH)–C–C–N with tert-alkyl or cyclic N) is 2. The van der Waals surface area contributed by atoms with Gasteiger partial charge in [0.05, 0.1) is 11.0 Å². The van der Waals surface area contributed by atoms with E-state index in [2.05, 4.69) is 12.2 Å². The van der Waals surface area contributed by atoms with Crippen LogP contribution in [0.5, 0.6) is 0 Å². The Bertz CT molecular complexity index is 578. The number of sulfonamides is 1. The summed E-state index contributed by atoms with van der Waals surface area (Å²) in [6.45, 7) is 2.77. The number of hydrogen-bond donors (Lipinski definition) is 3. The van der Waals surface area contributed by atoms with E-state index >= 15 is 0 Å². The Hall–Kier alpha value is -0.990. The average Bonchev–Trinajstić information content (AvgIpc) is 2.81. The lowest BCUT2D eigenvalue weighted by atomic mass is 10.0. The molecule has 7 heteroatoms. The van der Waals surface area contributed by atoms with Crippen molar-refractivity contribution in [3.8, 4) is 0 Å². The largest absolute Gasteiger partial charge is 0.389 e. The molecule has 0 spiro atoms. The molecule has 1 aliphatic heterocycles. The maximum Gasteiger partial charge on any atom is 0.243 e. The number of aliphatic hydroxyl groups is 2. The minimum Gasteiger partial charge on any atom is -0.389 e. The third kappa shape index (κ3) is 3.67. The second kappa shape index (κ2) is 7.06. The van der Waals surface area contributed by atoms with Crippen molar-refractivity contribution < 1.29 is 18.6 Å². The number of nitrogens with one attached hydrogen (secondary N) is 1. The molecular weight excluding hydrogens is 304 g/mol. The summed E-state index contributed by atoms with van der Waals surface area (Å²) in [5.74, 6) is 0. The van der Waals surface area contributed by atoms with Crippen molar-refractivity contribution >= 4 is 10.0 Å². The molecule has 1 aromatic carbocycles. The van der Waals surface area contributed by atoms with Gasteiger partial charge >= 0.3 is 0 Å². The van der Waals surface area contributed by atoms with E-state index in [0.717, 1.165) is 23.7 Å². The van der Waals surface area contributed by atoms with Crippen molar-refractivity contribution in [2.45, 2.75) is 36.4 Å². The Morgan fingerprint density at radius 2 is 2.05 bits per heavy atom. The SMILES string of the molecule is CCCCNC[C@]1(O)CN(S(=O)(=O)c2ccccc2)C[C@H]1O. The smallest absolute Gasteiger partial charge is 0.243 e. The van der Waals surface area contributed by atoms with Gasteiger partial charge in [-0.3, -0.25) is 0 Å². The zero-order valence-electron chi connectivity index (χ0n) is 12.8. The number of aliphatic hydroxyl groups excluding tert-OH is 1. The van der Waals surface area contributed by atoms with Gasteiger partial charge < -0.3 is 15.5 Å². The van der Waals surface area contributed by atoms with Gasteiger partial charge in [0, 0.05) is 19.6 Å². The summed E-state index contributed by atoms with van der Waals surface area (Å²) in [7, 11) is -3.69. The molecule has 1 heterocycles. The molecule has 2 atom stereocenters. The van der Waals surface area contributed by atoms with Crippen molar-refractivity contribution in [3.63, 3.8) is 0 Å². The summed E-state index contributed by atoms with van der Waals surface area (Å²) < 4.78 is 26.2. The normalized spacial score (nSPS) is 26.4. The molecule has 1 saturated heterocycles.